The zero-order chi connectivity index (χ0) is 18.1. The lowest BCUT2D eigenvalue weighted by atomic mass is 10.2. The van der Waals surface area contributed by atoms with E-state index in [0.29, 0.717) is 32.8 Å². The molecule has 1 heterocycles. The van der Waals surface area contributed by atoms with E-state index < -0.39 is 9.84 Å². The predicted molar refractivity (Wildman–Crippen MR) is 116 cm³/mol. The van der Waals surface area contributed by atoms with Gasteiger partial charge in [0.15, 0.2) is 15.8 Å². The second kappa shape index (κ2) is 11.6. The van der Waals surface area contributed by atoms with Crippen LogP contribution in [0.1, 0.15) is 12.5 Å². The molecule has 0 saturated carbocycles. The Labute approximate surface area is 173 Å². The number of nitrogens with zero attached hydrogens (tertiary/aromatic N) is 2. The summed E-state index contributed by atoms with van der Waals surface area (Å²) >= 11 is 0. The van der Waals surface area contributed by atoms with E-state index >= 15 is 0 Å². The summed E-state index contributed by atoms with van der Waals surface area (Å²) in [5.41, 5.74) is 1.08. The first-order valence-electron chi connectivity index (χ1n) is 8.62. The molecule has 2 rings (SSSR count). The highest BCUT2D eigenvalue weighted by Crippen LogP contribution is 2.17. The Bertz CT molecular complexity index is 668. The number of para-hydroxylation sites is 1. The zero-order valence-corrected chi connectivity index (χ0v) is 18.5. The molecule has 1 fully saturated rings. The van der Waals surface area contributed by atoms with Crippen molar-refractivity contribution < 1.29 is 13.2 Å². The maximum absolute atomic E-state index is 11.4. The van der Waals surface area contributed by atoms with Gasteiger partial charge in [-0.1, -0.05) is 18.2 Å². The van der Waals surface area contributed by atoms with Crippen molar-refractivity contribution in [1.29, 1.82) is 0 Å². The van der Waals surface area contributed by atoms with Crippen molar-refractivity contribution in [2.24, 2.45) is 4.99 Å². The molecule has 1 aromatic carbocycles. The lowest BCUT2D eigenvalue weighted by Crippen LogP contribution is -2.45. The van der Waals surface area contributed by atoms with Crippen LogP contribution < -0.4 is 15.4 Å². The molecule has 9 heteroatoms. The van der Waals surface area contributed by atoms with Crippen LogP contribution in [0.2, 0.25) is 0 Å². The van der Waals surface area contributed by atoms with Gasteiger partial charge < -0.3 is 15.4 Å². The first kappa shape index (κ1) is 23.0. The molecule has 1 aliphatic heterocycles. The van der Waals surface area contributed by atoms with Crippen LogP contribution in [0.25, 0.3) is 0 Å². The Kier molecular flexibility index (Phi) is 10.3. The number of aliphatic imine (C=N–C) groups is 1. The molecular weight excluding hydrogens is 467 g/mol. The minimum atomic E-state index is -2.82. The molecule has 0 atom stereocenters. The Morgan fingerprint density at radius 1 is 1.23 bits per heavy atom. The van der Waals surface area contributed by atoms with Gasteiger partial charge in [0.05, 0.1) is 18.1 Å². The largest absolute Gasteiger partial charge is 0.494 e. The second-order valence-corrected chi connectivity index (χ2v) is 8.19. The number of nitrogens with one attached hydrogen (secondary N) is 2. The Morgan fingerprint density at radius 3 is 2.58 bits per heavy atom. The van der Waals surface area contributed by atoms with Crippen LogP contribution in [0, 0.1) is 0 Å². The quantitative estimate of drug-likeness (QED) is 0.334. The summed E-state index contributed by atoms with van der Waals surface area (Å²) in [6.07, 6.45) is 0. The summed E-state index contributed by atoms with van der Waals surface area (Å²) in [4.78, 5) is 6.38. The van der Waals surface area contributed by atoms with Gasteiger partial charge in [-0.2, -0.15) is 0 Å². The molecule has 0 aromatic heterocycles. The standard InChI is InChI=1S/C17H28N4O3S.HI/c1-3-24-16-7-5-4-6-15(16)14-20-17(18-2)19-8-9-21-10-12-25(22,23)13-11-21;/h4-7H,3,8-14H2,1-2H3,(H2,18,19,20);1H. The fraction of sp³-hybridized carbons (Fsp3) is 0.588. The number of benzene rings is 1. The van der Waals surface area contributed by atoms with Crippen molar-refractivity contribution in [1.82, 2.24) is 15.5 Å². The smallest absolute Gasteiger partial charge is 0.191 e. The minimum absolute atomic E-state index is 0. The number of halogens is 1. The molecule has 0 radical (unpaired) electrons. The lowest BCUT2D eigenvalue weighted by Gasteiger charge is -2.26. The van der Waals surface area contributed by atoms with E-state index in [1.807, 2.05) is 31.2 Å². The highest BCUT2D eigenvalue weighted by atomic mass is 127. The number of hydrogen-bond donors (Lipinski definition) is 2. The normalized spacial score (nSPS) is 17.2. The first-order valence-corrected chi connectivity index (χ1v) is 10.4. The number of sulfone groups is 1. The Hall–Kier alpha value is -1.07. The van der Waals surface area contributed by atoms with Gasteiger partial charge in [-0.3, -0.25) is 9.89 Å². The molecule has 0 bridgehead atoms. The van der Waals surface area contributed by atoms with Gasteiger partial charge in [-0.25, -0.2) is 8.42 Å². The van der Waals surface area contributed by atoms with Gasteiger partial charge in [0.25, 0.3) is 0 Å². The summed E-state index contributed by atoms with van der Waals surface area (Å²) in [5, 5.41) is 6.55. The second-order valence-electron chi connectivity index (χ2n) is 5.89. The maximum Gasteiger partial charge on any atom is 0.191 e. The molecule has 1 saturated heterocycles. The molecule has 1 aliphatic rings. The fourth-order valence-electron chi connectivity index (χ4n) is 2.65. The van der Waals surface area contributed by atoms with Crippen LogP contribution in [0.15, 0.2) is 29.3 Å². The molecule has 148 valence electrons. The Balaban J connectivity index is 0.00000338. The van der Waals surface area contributed by atoms with E-state index in [-0.39, 0.29) is 35.5 Å². The predicted octanol–water partition coefficient (Wildman–Crippen LogP) is 1.10. The summed E-state index contributed by atoms with van der Waals surface area (Å²) in [6, 6.07) is 7.93. The number of hydrogen-bond acceptors (Lipinski definition) is 5. The van der Waals surface area contributed by atoms with Crippen LogP contribution >= 0.6 is 24.0 Å². The van der Waals surface area contributed by atoms with Crippen LogP contribution in [0.5, 0.6) is 5.75 Å². The molecular formula is C17H29IN4O3S. The summed E-state index contributed by atoms with van der Waals surface area (Å²) in [6.45, 7) is 5.96. The van der Waals surface area contributed by atoms with E-state index in [9.17, 15) is 8.42 Å². The molecule has 26 heavy (non-hydrogen) atoms. The fourth-order valence-corrected chi connectivity index (χ4v) is 3.93. The third-order valence-corrected chi connectivity index (χ3v) is 5.71. The van der Waals surface area contributed by atoms with Crippen LogP contribution in [-0.4, -0.2) is 70.6 Å². The van der Waals surface area contributed by atoms with Crippen LogP contribution in [0.4, 0.5) is 0 Å². The van der Waals surface area contributed by atoms with E-state index in [1.165, 1.54) is 0 Å². The van der Waals surface area contributed by atoms with Gasteiger partial charge in [0.2, 0.25) is 0 Å². The maximum atomic E-state index is 11.4. The molecule has 0 amide bonds. The third kappa shape index (κ3) is 7.67. The van der Waals surface area contributed by atoms with Crippen LogP contribution in [0.3, 0.4) is 0 Å². The van der Waals surface area contributed by atoms with Crippen molar-refractivity contribution in [3.63, 3.8) is 0 Å². The molecule has 0 spiro atoms. The SMILES string of the molecule is CCOc1ccccc1CNC(=NC)NCCN1CCS(=O)(=O)CC1.I. The van der Waals surface area contributed by atoms with E-state index in [2.05, 4.69) is 20.5 Å². The average Bonchev–Trinajstić information content (AvgIpc) is 2.60. The van der Waals surface area contributed by atoms with Crippen molar-refractivity contribution in [2.45, 2.75) is 13.5 Å². The topological polar surface area (TPSA) is 83.0 Å². The highest BCUT2D eigenvalue weighted by Gasteiger charge is 2.20. The third-order valence-electron chi connectivity index (χ3n) is 4.10. The van der Waals surface area contributed by atoms with Gasteiger partial charge in [-0.15, -0.1) is 24.0 Å². The molecule has 7 nitrogen and oxygen atoms in total. The minimum Gasteiger partial charge on any atom is -0.494 e. The lowest BCUT2D eigenvalue weighted by molar-refractivity contribution is 0.299. The van der Waals surface area contributed by atoms with E-state index in [0.717, 1.165) is 23.8 Å². The monoisotopic (exact) mass is 496 g/mol. The summed E-state index contributed by atoms with van der Waals surface area (Å²) in [7, 11) is -1.09. The van der Waals surface area contributed by atoms with E-state index in [4.69, 9.17) is 4.74 Å². The highest BCUT2D eigenvalue weighted by molar-refractivity contribution is 14.0. The molecule has 1 aromatic rings. The van der Waals surface area contributed by atoms with Crippen molar-refractivity contribution >= 4 is 39.8 Å². The molecule has 0 aliphatic carbocycles. The zero-order valence-electron chi connectivity index (χ0n) is 15.4. The number of guanidine groups is 1. The number of ether oxygens (including phenoxy) is 1. The van der Waals surface area contributed by atoms with E-state index in [1.54, 1.807) is 7.05 Å². The molecule has 2 N–H and O–H groups in total. The van der Waals surface area contributed by atoms with Gasteiger partial charge >= 0.3 is 0 Å². The number of rotatable bonds is 7. The van der Waals surface area contributed by atoms with Crippen molar-refractivity contribution in [3.8, 4) is 5.75 Å². The van der Waals surface area contributed by atoms with Gasteiger partial charge in [0.1, 0.15) is 5.75 Å². The van der Waals surface area contributed by atoms with Gasteiger partial charge in [0, 0.05) is 45.3 Å². The first-order chi connectivity index (χ1) is 12.0. The van der Waals surface area contributed by atoms with Crippen molar-refractivity contribution in [3.05, 3.63) is 29.8 Å². The summed E-state index contributed by atoms with van der Waals surface area (Å²) in [5.74, 6) is 2.11. The van der Waals surface area contributed by atoms with Crippen molar-refractivity contribution in [2.75, 3.05) is 51.3 Å². The van der Waals surface area contributed by atoms with Gasteiger partial charge in [-0.05, 0) is 13.0 Å². The Morgan fingerprint density at radius 2 is 1.92 bits per heavy atom. The summed E-state index contributed by atoms with van der Waals surface area (Å²) < 4.78 is 28.5. The average molecular weight is 496 g/mol. The molecule has 0 unspecified atom stereocenters. The van der Waals surface area contributed by atoms with Crippen LogP contribution in [-0.2, 0) is 16.4 Å².